The Morgan fingerprint density at radius 3 is 2.17 bits per heavy atom. The lowest BCUT2D eigenvalue weighted by atomic mass is 9.87. The van der Waals surface area contributed by atoms with E-state index in [0.717, 1.165) is 12.0 Å². The second-order valence-electron chi connectivity index (χ2n) is 7.29. The molecule has 0 heteroatoms. The Kier molecular flexibility index (Phi) is 4.09. The minimum absolute atomic E-state index is 0.177. The molecule has 0 saturated carbocycles. The van der Waals surface area contributed by atoms with Gasteiger partial charge in [-0.2, -0.15) is 0 Å². The summed E-state index contributed by atoms with van der Waals surface area (Å²) < 4.78 is 0. The lowest BCUT2D eigenvalue weighted by Gasteiger charge is -2.18. The van der Waals surface area contributed by atoms with E-state index in [1.165, 1.54) is 27.8 Å². The van der Waals surface area contributed by atoms with Crippen LogP contribution in [0.5, 0.6) is 0 Å². The highest BCUT2D eigenvalue weighted by atomic mass is 14.3. The number of benzene rings is 2. The van der Waals surface area contributed by atoms with Gasteiger partial charge in [0.2, 0.25) is 0 Å². The zero-order valence-electron chi connectivity index (χ0n) is 14.3. The smallest absolute Gasteiger partial charge is 0.00197 e. The topological polar surface area (TPSA) is 0 Å². The van der Waals surface area contributed by atoms with Crippen molar-refractivity contribution in [2.45, 2.75) is 27.2 Å². The molecule has 1 aliphatic rings. The molecule has 23 heavy (non-hydrogen) atoms. The Balaban J connectivity index is 1.84. The third kappa shape index (κ3) is 3.53. The number of rotatable bonds is 3. The summed E-state index contributed by atoms with van der Waals surface area (Å²) in [6.07, 6.45) is 5.49. The monoisotopic (exact) mass is 300 g/mol. The molecule has 0 atom stereocenters. The number of hydrogen-bond donors (Lipinski definition) is 0. The third-order valence-corrected chi connectivity index (χ3v) is 4.37. The maximum atomic E-state index is 4.23. The highest BCUT2D eigenvalue weighted by molar-refractivity contribution is 5.64. The van der Waals surface area contributed by atoms with Crippen molar-refractivity contribution in [3.8, 4) is 11.1 Å². The summed E-state index contributed by atoms with van der Waals surface area (Å²) in [5.74, 6) is 0. The lowest BCUT2D eigenvalue weighted by Crippen LogP contribution is -2.05. The van der Waals surface area contributed by atoms with Crippen LogP contribution >= 0.6 is 0 Å². The number of hydrogen-bond acceptors (Lipinski definition) is 0. The predicted molar refractivity (Wildman–Crippen MR) is 100 cm³/mol. The zero-order chi connectivity index (χ0) is 16.4. The number of allylic oxidation sites excluding steroid dienone is 5. The Morgan fingerprint density at radius 2 is 1.52 bits per heavy atom. The van der Waals surface area contributed by atoms with E-state index < -0.39 is 0 Å². The first kappa shape index (κ1) is 15.6. The molecule has 0 spiro atoms. The van der Waals surface area contributed by atoms with Gasteiger partial charge in [0.25, 0.3) is 0 Å². The van der Waals surface area contributed by atoms with Crippen molar-refractivity contribution in [2.24, 2.45) is 5.41 Å². The molecule has 0 nitrogen and oxygen atoms in total. The van der Waals surface area contributed by atoms with Crippen molar-refractivity contribution in [2.75, 3.05) is 0 Å². The third-order valence-electron chi connectivity index (χ3n) is 4.37. The molecule has 0 N–H and O–H groups in total. The molecular weight excluding hydrogens is 276 g/mol. The average Bonchev–Trinajstić information content (AvgIpc) is 2.90. The van der Waals surface area contributed by atoms with Gasteiger partial charge in [0.05, 0.1) is 0 Å². The largest absolute Gasteiger partial charge is 0.0915 e. The van der Waals surface area contributed by atoms with E-state index in [1.54, 1.807) is 0 Å². The van der Waals surface area contributed by atoms with Crippen LogP contribution in [0.1, 0.15) is 26.3 Å². The molecule has 0 heterocycles. The second kappa shape index (κ2) is 6.04. The molecule has 1 aliphatic carbocycles. The molecule has 0 aliphatic heterocycles. The van der Waals surface area contributed by atoms with E-state index >= 15 is 0 Å². The van der Waals surface area contributed by atoms with Gasteiger partial charge in [-0.3, -0.25) is 0 Å². The zero-order valence-corrected chi connectivity index (χ0v) is 14.3. The molecule has 3 rings (SSSR count). The van der Waals surface area contributed by atoms with Gasteiger partial charge >= 0.3 is 0 Å². The van der Waals surface area contributed by atoms with Crippen molar-refractivity contribution in [1.29, 1.82) is 0 Å². The molecule has 0 fully saturated rings. The molecule has 0 unspecified atom stereocenters. The van der Waals surface area contributed by atoms with Gasteiger partial charge in [-0.15, -0.1) is 0 Å². The molecular formula is C23H24. The summed E-state index contributed by atoms with van der Waals surface area (Å²) in [6.45, 7) is 11.0. The van der Waals surface area contributed by atoms with Gasteiger partial charge in [-0.05, 0) is 45.2 Å². The van der Waals surface area contributed by atoms with E-state index in [-0.39, 0.29) is 5.41 Å². The highest BCUT2D eigenvalue weighted by Crippen LogP contribution is 2.36. The molecule has 2 aromatic carbocycles. The van der Waals surface area contributed by atoms with Gasteiger partial charge in [0.15, 0.2) is 0 Å². The van der Waals surface area contributed by atoms with Gasteiger partial charge in [-0.25, -0.2) is 0 Å². The summed E-state index contributed by atoms with van der Waals surface area (Å²) in [6, 6.07) is 19.4. The fourth-order valence-electron chi connectivity index (χ4n) is 2.91. The van der Waals surface area contributed by atoms with Crippen LogP contribution in [-0.4, -0.2) is 0 Å². The van der Waals surface area contributed by atoms with Gasteiger partial charge in [-0.1, -0.05) is 94.1 Å². The fraction of sp³-hybridized carbons (Fsp3) is 0.217. The fourth-order valence-corrected chi connectivity index (χ4v) is 2.91. The first-order valence-electron chi connectivity index (χ1n) is 8.20. The van der Waals surface area contributed by atoms with Crippen LogP contribution in [0.3, 0.4) is 0 Å². The molecule has 116 valence electrons. The van der Waals surface area contributed by atoms with Crippen molar-refractivity contribution in [3.63, 3.8) is 0 Å². The van der Waals surface area contributed by atoms with Gasteiger partial charge in [0.1, 0.15) is 0 Å². The van der Waals surface area contributed by atoms with Crippen LogP contribution in [-0.2, 0) is 6.42 Å². The summed E-state index contributed by atoms with van der Waals surface area (Å²) >= 11 is 0. The van der Waals surface area contributed by atoms with Crippen LogP contribution in [0.4, 0.5) is 0 Å². The first-order chi connectivity index (χ1) is 10.9. The standard InChI is InChI=1S/C23H24/c1-17-13-22(23(2,3)4)16-21(17)15-18-9-8-12-20(14-18)19-10-6-5-7-11-19/h5-14,16H,1,15H2,2-4H3. The summed E-state index contributed by atoms with van der Waals surface area (Å²) in [4.78, 5) is 0. The Morgan fingerprint density at radius 1 is 0.826 bits per heavy atom. The molecule has 0 aromatic heterocycles. The van der Waals surface area contributed by atoms with Gasteiger partial charge in [0, 0.05) is 0 Å². The SMILES string of the molecule is C=C1C=C(C(C)(C)C)C=C1Cc1cccc(-c2ccccc2)c1. The second-order valence-corrected chi connectivity index (χ2v) is 7.29. The maximum Gasteiger partial charge on any atom is -0.00197 e. The normalized spacial score (nSPS) is 14.7. The molecule has 0 amide bonds. The van der Waals surface area contributed by atoms with E-state index in [0.29, 0.717) is 0 Å². The summed E-state index contributed by atoms with van der Waals surface area (Å²) in [5.41, 5.74) is 7.91. The minimum atomic E-state index is 0.177. The van der Waals surface area contributed by atoms with Crippen molar-refractivity contribution >= 4 is 0 Å². The van der Waals surface area contributed by atoms with E-state index in [4.69, 9.17) is 0 Å². The Labute approximate surface area is 139 Å². The van der Waals surface area contributed by atoms with Crippen LogP contribution in [0.15, 0.2) is 90.0 Å². The first-order valence-corrected chi connectivity index (χ1v) is 8.20. The predicted octanol–water partition coefficient (Wildman–Crippen LogP) is 6.36. The van der Waals surface area contributed by atoms with Crippen molar-refractivity contribution < 1.29 is 0 Å². The molecule has 0 radical (unpaired) electrons. The van der Waals surface area contributed by atoms with E-state index in [1.807, 2.05) is 0 Å². The van der Waals surface area contributed by atoms with E-state index in [2.05, 4.69) is 94.1 Å². The Bertz CT molecular complexity index is 780. The van der Waals surface area contributed by atoms with Gasteiger partial charge < -0.3 is 0 Å². The van der Waals surface area contributed by atoms with Crippen LogP contribution < -0.4 is 0 Å². The lowest BCUT2D eigenvalue weighted by molar-refractivity contribution is 0.518. The minimum Gasteiger partial charge on any atom is -0.0915 e. The van der Waals surface area contributed by atoms with Crippen molar-refractivity contribution in [3.05, 3.63) is 95.6 Å². The summed E-state index contributed by atoms with van der Waals surface area (Å²) in [5, 5.41) is 0. The van der Waals surface area contributed by atoms with Crippen LogP contribution in [0.2, 0.25) is 0 Å². The van der Waals surface area contributed by atoms with E-state index in [9.17, 15) is 0 Å². The van der Waals surface area contributed by atoms with Crippen molar-refractivity contribution in [1.82, 2.24) is 0 Å². The van der Waals surface area contributed by atoms with Crippen LogP contribution in [0.25, 0.3) is 11.1 Å². The highest BCUT2D eigenvalue weighted by Gasteiger charge is 2.21. The Hall–Kier alpha value is -2.34. The average molecular weight is 300 g/mol. The van der Waals surface area contributed by atoms with Crippen LogP contribution in [0, 0.1) is 5.41 Å². The maximum absolute atomic E-state index is 4.23. The summed E-state index contributed by atoms with van der Waals surface area (Å²) in [7, 11) is 0. The molecule has 0 saturated heterocycles. The quantitative estimate of drug-likeness (QED) is 0.618. The molecule has 2 aromatic rings. The molecule has 0 bridgehead atoms.